The van der Waals surface area contributed by atoms with E-state index in [0.717, 1.165) is 16.8 Å². The number of para-hydroxylation sites is 1. The first-order valence-corrected chi connectivity index (χ1v) is 7.74. The van der Waals surface area contributed by atoms with Crippen molar-refractivity contribution in [3.63, 3.8) is 0 Å². The zero-order valence-electron chi connectivity index (χ0n) is 11.4. The second kappa shape index (κ2) is 5.69. The van der Waals surface area contributed by atoms with E-state index in [-0.39, 0.29) is 12.5 Å². The molecular weight excluding hydrogens is 286 g/mol. The minimum absolute atomic E-state index is 0.0163. The molecule has 1 aromatic heterocycles. The zero-order chi connectivity index (χ0) is 14.8. The Kier molecular flexibility index (Phi) is 3.75. The number of hydrogen-bond donors (Lipinski definition) is 1. The Morgan fingerprint density at radius 3 is 2.81 bits per heavy atom. The Hall–Kier alpha value is -2.14. The maximum atomic E-state index is 12.4. The minimum atomic E-state index is -0.879. The molecule has 0 saturated carbocycles. The molecule has 3 rings (SSSR count). The Labute approximate surface area is 126 Å². The quantitative estimate of drug-likeness (QED) is 0.944. The van der Waals surface area contributed by atoms with Gasteiger partial charge in [-0.25, -0.2) is 0 Å². The van der Waals surface area contributed by atoms with Crippen LogP contribution in [0, 0.1) is 0 Å². The Morgan fingerprint density at radius 1 is 1.29 bits per heavy atom. The summed E-state index contributed by atoms with van der Waals surface area (Å²) in [6.45, 7) is 0.233. The highest BCUT2D eigenvalue weighted by atomic mass is 32.1. The van der Waals surface area contributed by atoms with Crippen LogP contribution in [-0.4, -0.2) is 23.5 Å². The number of aliphatic carboxylic acids is 1. The summed E-state index contributed by atoms with van der Waals surface area (Å²) in [4.78, 5) is 25.4. The minimum Gasteiger partial charge on any atom is -0.481 e. The lowest BCUT2D eigenvalue weighted by Crippen LogP contribution is -2.31. The van der Waals surface area contributed by atoms with Crippen molar-refractivity contribution < 1.29 is 14.7 Å². The Morgan fingerprint density at radius 2 is 2.10 bits per heavy atom. The maximum absolute atomic E-state index is 12.4. The van der Waals surface area contributed by atoms with Crippen molar-refractivity contribution in [3.05, 3.63) is 52.2 Å². The van der Waals surface area contributed by atoms with Crippen LogP contribution in [0.5, 0.6) is 0 Å². The van der Waals surface area contributed by atoms with Crippen LogP contribution >= 0.6 is 11.3 Å². The summed E-state index contributed by atoms with van der Waals surface area (Å²) in [5, 5.41) is 13.3. The number of carboxylic acids is 1. The standard InChI is InChI=1S/C16H15NO3S/c18-15(6-5-11-7-8-21-10-11)17-9-13(16(19)20)12-3-1-2-4-14(12)17/h1-4,7-8,10,13H,5-6,9H2,(H,19,20)/t13-/m0/s1. The van der Waals surface area contributed by atoms with Gasteiger partial charge in [0.1, 0.15) is 5.92 Å². The van der Waals surface area contributed by atoms with Crippen LogP contribution in [0.3, 0.4) is 0 Å². The van der Waals surface area contributed by atoms with Gasteiger partial charge in [0, 0.05) is 18.7 Å². The molecule has 0 radical (unpaired) electrons. The van der Waals surface area contributed by atoms with E-state index in [1.165, 1.54) is 0 Å². The van der Waals surface area contributed by atoms with Crippen molar-refractivity contribution in [2.75, 3.05) is 11.4 Å². The van der Waals surface area contributed by atoms with E-state index < -0.39 is 11.9 Å². The summed E-state index contributed by atoms with van der Waals surface area (Å²) < 4.78 is 0. The molecule has 4 nitrogen and oxygen atoms in total. The number of benzene rings is 1. The molecule has 0 bridgehead atoms. The molecule has 2 aromatic rings. The van der Waals surface area contributed by atoms with E-state index in [1.807, 2.05) is 35.0 Å². The highest BCUT2D eigenvalue weighted by Gasteiger charge is 2.35. The van der Waals surface area contributed by atoms with Gasteiger partial charge in [-0.2, -0.15) is 11.3 Å². The van der Waals surface area contributed by atoms with Crippen LogP contribution < -0.4 is 4.90 Å². The first-order valence-electron chi connectivity index (χ1n) is 6.80. The van der Waals surface area contributed by atoms with Crippen LogP contribution in [0.25, 0.3) is 0 Å². The van der Waals surface area contributed by atoms with Gasteiger partial charge < -0.3 is 10.0 Å². The van der Waals surface area contributed by atoms with E-state index in [0.29, 0.717) is 12.8 Å². The summed E-state index contributed by atoms with van der Waals surface area (Å²) in [7, 11) is 0. The number of nitrogens with zero attached hydrogens (tertiary/aromatic N) is 1. The lowest BCUT2D eigenvalue weighted by Gasteiger charge is -2.17. The zero-order valence-corrected chi connectivity index (χ0v) is 12.2. The number of carbonyl (C=O) groups is 2. The third-order valence-corrected chi connectivity index (χ3v) is 4.51. The molecule has 108 valence electrons. The highest BCUT2D eigenvalue weighted by molar-refractivity contribution is 7.07. The average molecular weight is 301 g/mol. The van der Waals surface area contributed by atoms with Gasteiger partial charge in [0.25, 0.3) is 0 Å². The molecule has 0 spiro atoms. The van der Waals surface area contributed by atoms with Crippen LogP contribution in [0.2, 0.25) is 0 Å². The van der Waals surface area contributed by atoms with Crippen LogP contribution in [0.15, 0.2) is 41.1 Å². The smallest absolute Gasteiger partial charge is 0.312 e. The van der Waals surface area contributed by atoms with Gasteiger partial charge in [-0.15, -0.1) is 0 Å². The van der Waals surface area contributed by atoms with Crippen molar-refractivity contribution in [3.8, 4) is 0 Å². The largest absolute Gasteiger partial charge is 0.481 e. The van der Waals surface area contributed by atoms with Crippen molar-refractivity contribution in [2.24, 2.45) is 0 Å². The predicted molar refractivity (Wildman–Crippen MR) is 81.8 cm³/mol. The molecule has 5 heteroatoms. The fourth-order valence-electron chi connectivity index (χ4n) is 2.68. The second-order valence-corrected chi connectivity index (χ2v) is 5.87. The van der Waals surface area contributed by atoms with Gasteiger partial charge >= 0.3 is 5.97 Å². The molecule has 0 unspecified atom stereocenters. The van der Waals surface area contributed by atoms with E-state index in [4.69, 9.17) is 0 Å². The molecule has 2 heterocycles. The van der Waals surface area contributed by atoms with Gasteiger partial charge in [0.05, 0.1) is 0 Å². The van der Waals surface area contributed by atoms with Gasteiger partial charge in [-0.05, 0) is 40.4 Å². The van der Waals surface area contributed by atoms with Gasteiger partial charge in [0.15, 0.2) is 0 Å². The first kappa shape index (κ1) is 13.8. The summed E-state index contributed by atoms with van der Waals surface area (Å²) in [6, 6.07) is 9.27. The van der Waals surface area contributed by atoms with E-state index in [1.54, 1.807) is 22.3 Å². The number of thiophene rings is 1. The third kappa shape index (κ3) is 2.69. The molecule has 0 aliphatic carbocycles. The number of carboxylic acid groups (broad SMARTS) is 1. The number of carbonyl (C=O) groups excluding carboxylic acids is 1. The summed E-state index contributed by atoms with van der Waals surface area (Å²) in [5.41, 5.74) is 2.62. The molecule has 1 atom stereocenters. The summed E-state index contributed by atoms with van der Waals surface area (Å²) in [5.74, 6) is -1.51. The number of fused-ring (bicyclic) bond motifs is 1. The lowest BCUT2D eigenvalue weighted by molar-refractivity contribution is -0.138. The summed E-state index contributed by atoms with van der Waals surface area (Å²) >= 11 is 1.61. The van der Waals surface area contributed by atoms with Crippen molar-refractivity contribution in [1.82, 2.24) is 0 Å². The van der Waals surface area contributed by atoms with Gasteiger partial charge in [-0.1, -0.05) is 18.2 Å². The number of rotatable bonds is 4. The van der Waals surface area contributed by atoms with Crippen LogP contribution in [0.4, 0.5) is 5.69 Å². The molecule has 21 heavy (non-hydrogen) atoms. The first-order chi connectivity index (χ1) is 10.2. The van der Waals surface area contributed by atoms with E-state index in [2.05, 4.69) is 0 Å². The summed E-state index contributed by atoms with van der Waals surface area (Å²) in [6.07, 6.45) is 1.09. The number of amides is 1. The molecule has 1 N–H and O–H groups in total. The molecular formula is C16H15NO3S. The fraction of sp³-hybridized carbons (Fsp3) is 0.250. The maximum Gasteiger partial charge on any atom is 0.312 e. The van der Waals surface area contributed by atoms with Crippen LogP contribution in [0.1, 0.15) is 23.5 Å². The van der Waals surface area contributed by atoms with Gasteiger partial charge in [-0.3, -0.25) is 9.59 Å². The Balaban J connectivity index is 1.76. The molecule has 0 saturated heterocycles. The lowest BCUT2D eigenvalue weighted by atomic mass is 10.0. The van der Waals surface area contributed by atoms with Crippen LogP contribution in [-0.2, 0) is 16.0 Å². The van der Waals surface area contributed by atoms with Gasteiger partial charge in [0.2, 0.25) is 5.91 Å². The van der Waals surface area contributed by atoms with Crippen molar-refractivity contribution >= 4 is 28.9 Å². The number of anilines is 1. The van der Waals surface area contributed by atoms with Crippen molar-refractivity contribution in [1.29, 1.82) is 0 Å². The topological polar surface area (TPSA) is 57.6 Å². The molecule has 1 aromatic carbocycles. The second-order valence-electron chi connectivity index (χ2n) is 5.09. The molecule has 1 amide bonds. The Bertz CT molecular complexity index is 666. The van der Waals surface area contributed by atoms with E-state index >= 15 is 0 Å². The third-order valence-electron chi connectivity index (χ3n) is 3.77. The SMILES string of the molecule is O=C(O)[C@H]1CN(C(=O)CCc2ccsc2)c2ccccc21. The monoisotopic (exact) mass is 301 g/mol. The van der Waals surface area contributed by atoms with Crippen molar-refractivity contribution in [2.45, 2.75) is 18.8 Å². The van der Waals surface area contributed by atoms with E-state index in [9.17, 15) is 14.7 Å². The molecule has 1 aliphatic rings. The number of aryl methyl sites for hydroxylation is 1. The average Bonchev–Trinajstić information content (AvgIpc) is 3.12. The predicted octanol–water partition coefficient (Wildman–Crippen LogP) is 2.90. The normalized spacial score (nSPS) is 16.8. The molecule has 1 aliphatic heterocycles. The fourth-order valence-corrected chi connectivity index (χ4v) is 3.38. The highest BCUT2D eigenvalue weighted by Crippen LogP contribution is 2.36. The molecule has 0 fully saturated rings. The number of hydrogen-bond acceptors (Lipinski definition) is 3.